The van der Waals surface area contributed by atoms with Crippen molar-refractivity contribution in [3.63, 3.8) is 0 Å². The molecule has 1 rings (SSSR count). The number of hydrogen-bond donors (Lipinski definition) is 2. The van der Waals surface area contributed by atoms with E-state index in [0.29, 0.717) is 6.42 Å². The molecule has 0 bridgehead atoms. The van der Waals surface area contributed by atoms with E-state index in [4.69, 9.17) is 10.2 Å². The summed E-state index contributed by atoms with van der Waals surface area (Å²) < 4.78 is 0. The molecule has 0 aromatic heterocycles. The SMILES string of the molecule is CC1(C)C(O)CC1O. The second-order valence-electron chi connectivity index (χ2n) is 3.09. The third kappa shape index (κ3) is 0.565. The van der Waals surface area contributed by atoms with Gasteiger partial charge in [0.1, 0.15) is 0 Å². The maximum atomic E-state index is 8.99. The zero-order valence-corrected chi connectivity index (χ0v) is 5.26. The summed E-state index contributed by atoms with van der Waals surface area (Å²) in [5, 5.41) is 18.0. The molecule has 0 aliphatic heterocycles. The highest BCUT2D eigenvalue weighted by Crippen LogP contribution is 2.39. The van der Waals surface area contributed by atoms with Crippen LogP contribution in [-0.4, -0.2) is 22.4 Å². The quantitative estimate of drug-likeness (QED) is 0.472. The summed E-state index contributed by atoms with van der Waals surface area (Å²) in [5.74, 6) is 0. The van der Waals surface area contributed by atoms with Gasteiger partial charge in [-0.3, -0.25) is 0 Å². The van der Waals surface area contributed by atoms with Crippen LogP contribution in [0.3, 0.4) is 0 Å². The lowest BCUT2D eigenvalue weighted by Crippen LogP contribution is -2.52. The number of aliphatic hydroxyl groups is 2. The van der Waals surface area contributed by atoms with E-state index in [1.54, 1.807) is 0 Å². The lowest BCUT2D eigenvalue weighted by molar-refractivity contribution is -0.146. The molecule has 0 aromatic carbocycles. The molecule has 2 atom stereocenters. The fourth-order valence-corrected chi connectivity index (χ4v) is 0.881. The van der Waals surface area contributed by atoms with Gasteiger partial charge in [0.2, 0.25) is 0 Å². The Bertz CT molecular complexity index is 88.7. The third-order valence-corrected chi connectivity index (χ3v) is 2.16. The maximum Gasteiger partial charge on any atom is 0.0640 e. The van der Waals surface area contributed by atoms with Crippen molar-refractivity contribution in [1.29, 1.82) is 0 Å². The van der Waals surface area contributed by atoms with Gasteiger partial charge in [-0.1, -0.05) is 13.8 Å². The number of rotatable bonds is 0. The van der Waals surface area contributed by atoms with Crippen LogP contribution < -0.4 is 0 Å². The number of aliphatic hydroxyl groups excluding tert-OH is 2. The van der Waals surface area contributed by atoms with E-state index in [1.807, 2.05) is 13.8 Å². The first kappa shape index (κ1) is 6.05. The van der Waals surface area contributed by atoms with Crippen LogP contribution in [0.5, 0.6) is 0 Å². The average Bonchev–Trinajstić information content (AvgIpc) is 1.68. The molecule has 0 amide bonds. The van der Waals surface area contributed by atoms with Gasteiger partial charge < -0.3 is 10.2 Å². The minimum absolute atomic E-state index is 0.250. The van der Waals surface area contributed by atoms with Gasteiger partial charge in [-0.05, 0) is 0 Å². The topological polar surface area (TPSA) is 40.5 Å². The Morgan fingerprint density at radius 1 is 1.25 bits per heavy atom. The largest absolute Gasteiger partial charge is 0.392 e. The van der Waals surface area contributed by atoms with Crippen LogP contribution in [0.25, 0.3) is 0 Å². The maximum absolute atomic E-state index is 8.99. The molecular weight excluding hydrogens is 104 g/mol. The van der Waals surface area contributed by atoms with Crippen LogP contribution in [0.4, 0.5) is 0 Å². The lowest BCUT2D eigenvalue weighted by atomic mass is 9.67. The molecule has 0 saturated heterocycles. The normalized spacial score (nSPS) is 43.5. The van der Waals surface area contributed by atoms with Crippen molar-refractivity contribution < 1.29 is 10.2 Å². The van der Waals surface area contributed by atoms with E-state index in [-0.39, 0.29) is 17.6 Å². The van der Waals surface area contributed by atoms with Crippen molar-refractivity contribution in [2.45, 2.75) is 32.5 Å². The zero-order valence-electron chi connectivity index (χ0n) is 5.26. The van der Waals surface area contributed by atoms with Crippen molar-refractivity contribution in [1.82, 2.24) is 0 Å². The Morgan fingerprint density at radius 3 is 1.62 bits per heavy atom. The van der Waals surface area contributed by atoms with E-state index in [1.165, 1.54) is 0 Å². The van der Waals surface area contributed by atoms with Gasteiger partial charge in [-0.15, -0.1) is 0 Å². The molecule has 0 spiro atoms. The Balaban J connectivity index is 2.52. The summed E-state index contributed by atoms with van der Waals surface area (Å²) in [6, 6.07) is 0. The van der Waals surface area contributed by atoms with Gasteiger partial charge in [0, 0.05) is 11.8 Å². The lowest BCUT2D eigenvalue weighted by Gasteiger charge is -2.45. The summed E-state index contributed by atoms with van der Waals surface area (Å²) in [5.41, 5.74) is -0.250. The zero-order chi connectivity index (χ0) is 6.36. The highest BCUT2D eigenvalue weighted by Gasteiger charge is 2.46. The Morgan fingerprint density at radius 2 is 1.62 bits per heavy atom. The van der Waals surface area contributed by atoms with Gasteiger partial charge in [0.25, 0.3) is 0 Å². The van der Waals surface area contributed by atoms with Crippen molar-refractivity contribution in [3.8, 4) is 0 Å². The molecule has 2 nitrogen and oxygen atoms in total. The molecule has 1 fully saturated rings. The van der Waals surface area contributed by atoms with Gasteiger partial charge in [0.15, 0.2) is 0 Å². The molecule has 0 aromatic rings. The van der Waals surface area contributed by atoms with E-state index in [0.717, 1.165) is 0 Å². The summed E-state index contributed by atoms with van der Waals surface area (Å²) in [6.45, 7) is 3.73. The molecule has 1 saturated carbocycles. The summed E-state index contributed by atoms with van der Waals surface area (Å²) in [4.78, 5) is 0. The average molecular weight is 116 g/mol. The van der Waals surface area contributed by atoms with Crippen LogP contribution in [0.1, 0.15) is 20.3 Å². The van der Waals surface area contributed by atoms with Gasteiger partial charge in [-0.2, -0.15) is 0 Å². The predicted octanol–water partition coefficient (Wildman–Crippen LogP) is 0.138. The molecular formula is C6H12O2. The molecule has 1 aliphatic rings. The predicted molar refractivity (Wildman–Crippen MR) is 30.4 cm³/mol. The standard InChI is InChI=1S/C6H12O2/c1-6(2)4(7)3-5(6)8/h4-5,7-8H,3H2,1-2H3. The fraction of sp³-hybridized carbons (Fsp3) is 1.00. The molecule has 48 valence electrons. The van der Waals surface area contributed by atoms with Crippen LogP contribution in [0.2, 0.25) is 0 Å². The van der Waals surface area contributed by atoms with E-state index in [9.17, 15) is 0 Å². The van der Waals surface area contributed by atoms with Crippen LogP contribution >= 0.6 is 0 Å². The van der Waals surface area contributed by atoms with Crippen LogP contribution in [0.15, 0.2) is 0 Å². The second-order valence-corrected chi connectivity index (χ2v) is 3.09. The van der Waals surface area contributed by atoms with Crippen LogP contribution in [-0.2, 0) is 0 Å². The minimum atomic E-state index is -0.294. The molecule has 2 heteroatoms. The first-order valence-electron chi connectivity index (χ1n) is 2.91. The second kappa shape index (κ2) is 1.45. The molecule has 2 unspecified atom stereocenters. The molecule has 8 heavy (non-hydrogen) atoms. The van der Waals surface area contributed by atoms with Gasteiger partial charge >= 0.3 is 0 Å². The summed E-state index contributed by atoms with van der Waals surface area (Å²) >= 11 is 0. The number of hydrogen-bond acceptors (Lipinski definition) is 2. The highest BCUT2D eigenvalue weighted by molar-refractivity contribution is 4.96. The van der Waals surface area contributed by atoms with E-state index < -0.39 is 0 Å². The Labute approximate surface area is 49.1 Å². The molecule has 1 aliphatic carbocycles. The molecule has 0 heterocycles. The fourth-order valence-electron chi connectivity index (χ4n) is 0.881. The highest BCUT2D eigenvalue weighted by atomic mass is 16.3. The minimum Gasteiger partial charge on any atom is -0.392 e. The third-order valence-electron chi connectivity index (χ3n) is 2.16. The van der Waals surface area contributed by atoms with E-state index in [2.05, 4.69) is 0 Å². The first-order chi connectivity index (χ1) is 3.55. The Kier molecular flexibility index (Phi) is 1.10. The van der Waals surface area contributed by atoms with Crippen molar-refractivity contribution >= 4 is 0 Å². The smallest absolute Gasteiger partial charge is 0.0640 e. The van der Waals surface area contributed by atoms with Crippen molar-refractivity contribution in [2.75, 3.05) is 0 Å². The van der Waals surface area contributed by atoms with Crippen LogP contribution in [0, 0.1) is 5.41 Å². The van der Waals surface area contributed by atoms with Gasteiger partial charge in [-0.25, -0.2) is 0 Å². The van der Waals surface area contributed by atoms with Gasteiger partial charge in [0.05, 0.1) is 12.2 Å². The molecule has 0 radical (unpaired) electrons. The van der Waals surface area contributed by atoms with Crippen molar-refractivity contribution in [3.05, 3.63) is 0 Å². The monoisotopic (exact) mass is 116 g/mol. The van der Waals surface area contributed by atoms with Crippen molar-refractivity contribution in [2.24, 2.45) is 5.41 Å². The summed E-state index contributed by atoms with van der Waals surface area (Å²) in [7, 11) is 0. The van der Waals surface area contributed by atoms with E-state index >= 15 is 0 Å². The first-order valence-corrected chi connectivity index (χ1v) is 2.91. The summed E-state index contributed by atoms with van der Waals surface area (Å²) in [6.07, 6.45) is -0.0394. The molecule has 2 N–H and O–H groups in total. The Hall–Kier alpha value is -0.0800.